The second-order valence-corrected chi connectivity index (χ2v) is 4.73. The van der Waals surface area contributed by atoms with Gasteiger partial charge in [-0.25, -0.2) is 0 Å². The van der Waals surface area contributed by atoms with Crippen LogP contribution in [0.15, 0.2) is 42.6 Å². The van der Waals surface area contributed by atoms with Crippen LogP contribution >= 0.6 is 0 Å². The number of nitro groups is 1. The van der Waals surface area contributed by atoms with Gasteiger partial charge in [0.05, 0.1) is 4.92 Å². The van der Waals surface area contributed by atoms with E-state index >= 15 is 0 Å². The summed E-state index contributed by atoms with van der Waals surface area (Å²) in [5.74, 6) is 0. The molecule has 0 radical (unpaired) electrons. The highest BCUT2D eigenvalue weighted by atomic mass is 16.6. The van der Waals surface area contributed by atoms with Crippen molar-refractivity contribution >= 4 is 5.69 Å². The van der Waals surface area contributed by atoms with E-state index in [1.807, 2.05) is 19.2 Å². The second kappa shape index (κ2) is 5.67. The third-order valence-electron chi connectivity index (χ3n) is 2.95. The fourth-order valence-electron chi connectivity index (χ4n) is 2.04. The molecule has 0 fully saturated rings. The highest BCUT2D eigenvalue weighted by molar-refractivity contribution is 5.33. The van der Waals surface area contributed by atoms with Crippen molar-refractivity contribution < 1.29 is 4.92 Å². The number of nitro benzene ring substituents is 1. The van der Waals surface area contributed by atoms with E-state index in [-0.39, 0.29) is 16.7 Å². The first kappa shape index (κ1) is 13.3. The first-order chi connectivity index (χ1) is 9.06. The standard InChI is InChI=1S/C14H17N3O2/c1-11(15)9-14-3-2-8-16(14)10-12-4-6-13(7-5-12)17(18)19/h2-8,11H,9-10,15H2,1H3. The number of nitrogens with zero attached hydrogens (tertiary/aromatic N) is 2. The Morgan fingerprint density at radius 2 is 2.00 bits per heavy atom. The Balaban J connectivity index is 2.12. The van der Waals surface area contributed by atoms with E-state index in [4.69, 9.17) is 5.73 Å². The third kappa shape index (κ3) is 3.42. The lowest BCUT2D eigenvalue weighted by atomic mass is 10.1. The Morgan fingerprint density at radius 3 is 2.58 bits per heavy atom. The molecule has 2 N–H and O–H groups in total. The molecule has 0 aliphatic rings. The Bertz CT molecular complexity index is 558. The number of hydrogen-bond acceptors (Lipinski definition) is 3. The van der Waals surface area contributed by atoms with Crippen LogP contribution < -0.4 is 5.73 Å². The molecular formula is C14H17N3O2. The number of benzene rings is 1. The summed E-state index contributed by atoms with van der Waals surface area (Å²) in [5, 5.41) is 10.6. The van der Waals surface area contributed by atoms with Gasteiger partial charge in [-0.2, -0.15) is 0 Å². The van der Waals surface area contributed by atoms with Crippen molar-refractivity contribution in [2.24, 2.45) is 5.73 Å². The molecule has 5 heteroatoms. The molecule has 0 aliphatic heterocycles. The maximum Gasteiger partial charge on any atom is 0.269 e. The zero-order chi connectivity index (χ0) is 13.8. The van der Waals surface area contributed by atoms with Gasteiger partial charge in [0, 0.05) is 43.0 Å². The molecule has 19 heavy (non-hydrogen) atoms. The zero-order valence-corrected chi connectivity index (χ0v) is 10.8. The van der Waals surface area contributed by atoms with Crippen LogP contribution in [0.2, 0.25) is 0 Å². The van der Waals surface area contributed by atoms with Crippen LogP contribution in [0.1, 0.15) is 18.2 Å². The van der Waals surface area contributed by atoms with Crippen molar-refractivity contribution in [3.63, 3.8) is 0 Å². The molecule has 0 aliphatic carbocycles. The number of rotatable bonds is 5. The van der Waals surface area contributed by atoms with Crippen LogP contribution in [0.5, 0.6) is 0 Å². The predicted molar refractivity (Wildman–Crippen MR) is 74.0 cm³/mol. The van der Waals surface area contributed by atoms with Gasteiger partial charge in [-0.15, -0.1) is 0 Å². The van der Waals surface area contributed by atoms with Gasteiger partial charge in [0.15, 0.2) is 0 Å². The lowest BCUT2D eigenvalue weighted by Crippen LogP contribution is -2.20. The summed E-state index contributed by atoms with van der Waals surface area (Å²) >= 11 is 0. The van der Waals surface area contributed by atoms with Crippen LogP contribution in [-0.2, 0) is 13.0 Å². The largest absolute Gasteiger partial charge is 0.347 e. The van der Waals surface area contributed by atoms with E-state index in [9.17, 15) is 10.1 Å². The van der Waals surface area contributed by atoms with E-state index in [0.717, 1.165) is 12.0 Å². The normalized spacial score (nSPS) is 12.3. The lowest BCUT2D eigenvalue weighted by Gasteiger charge is -2.11. The molecule has 100 valence electrons. The van der Waals surface area contributed by atoms with E-state index in [2.05, 4.69) is 10.6 Å². The van der Waals surface area contributed by atoms with Crippen LogP contribution in [0, 0.1) is 10.1 Å². The Labute approximate surface area is 111 Å². The van der Waals surface area contributed by atoms with E-state index < -0.39 is 0 Å². The summed E-state index contributed by atoms with van der Waals surface area (Å²) < 4.78 is 2.12. The Hall–Kier alpha value is -2.14. The summed E-state index contributed by atoms with van der Waals surface area (Å²) in [6.07, 6.45) is 2.82. The van der Waals surface area contributed by atoms with Crippen molar-refractivity contribution in [1.29, 1.82) is 0 Å². The van der Waals surface area contributed by atoms with Gasteiger partial charge in [-0.1, -0.05) is 12.1 Å². The molecule has 1 aromatic heterocycles. The highest BCUT2D eigenvalue weighted by Gasteiger charge is 2.07. The average molecular weight is 259 g/mol. The molecule has 1 unspecified atom stereocenters. The summed E-state index contributed by atoms with van der Waals surface area (Å²) in [5.41, 5.74) is 8.14. The quantitative estimate of drug-likeness (QED) is 0.661. The molecule has 0 spiro atoms. The summed E-state index contributed by atoms with van der Waals surface area (Å²) in [7, 11) is 0. The molecule has 2 rings (SSSR count). The Kier molecular flexibility index (Phi) is 3.97. The van der Waals surface area contributed by atoms with Crippen molar-refractivity contribution in [3.8, 4) is 0 Å². The first-order valence-electron chi connectivity index (χ1n) is 6.19. The minimum Gasteiger partial charge on any atom is -0.347 e. The van der Waals surface area contributed by atoms with Gasteiger partial charge >= 0.3 is 0 Å². The predicted octanol–water partition coefficient (Wildman–Crippen LogP) is 2.33. The van der Waals surface area contributed by atoms with Gasteiger partial charge in [0.25, 0.3) is 5.69 Å². The van der Waals surface area contributed by atoms with Crippen LogP contribution in [0.25, 0.3) is 0 Å². The summed E-state index contributed by atoms with van der Waals surface area (Å²) in [4.78, 5) is 10.2. The van der Waals surface area contributed by atoms with Crippen LogP contribution in [-0.4, -0.2) is 15.5 Å². The second-order valence-electron chi connectivity index (χ2n) is 4.73. The van der Waals surface area contributed by atoms with E-state index in [1.54, 1.807) is 12.1 Å². The SMILES string of the molecule is CC(N)Cc1cccn1Cc1ccc([N+](=O)[O-])cc1. The monoisotopic (exact) mass is 259 g/mol. The zero-order valence-electron chi connectivity index (χ0n) is 10.8. The molecule has 1 atom stereocenters. The Morgan fingerprint density at radius 1 is 1.32 bits per heavy atom. The van der Waals surface area contributed by atoms with Crippen molar-refractivity contribution in [2.45, 2.75) is 25.9 Å². The number of aromatic nitrogens is 1. The smallest absolute Gasteiger partial charge is 0.269 e. The maximum atomic E-state index is 10.6. The average Bonchev–Trinajstić information content (AvgIpc) is 2.76. The van der Waals surface area contributed by atoms with Crippen LogP contribution in [0.3, 0.4) is 0 Å². The van der Waals surface area contributed by atoms with Gasteiger partial charge in [0.2, 0.25) is 0 Å². The van der Waals surface area contributed by atoms with Gasteiger partial charge < -0.3 is 10.3 Å². The van der Waals surface area contributed by atoms with Crippen molar-refractivity contribution in [3.05, 3.63) is 64.0 Å². The van der Waals surface area contributed by atoms with Crippen LogP contribution in [0.4, 0.5) is 5.69 Å². The van der Waals surface area contributed by atoms with Gasteiger partial charge in [-0.05, 0) is 24.6 Å². The van der Waals surface area contributed by atoms with Gasteiger partial charge in [-0.3, -0.25) is 10.1 Å². The molecule has 0 saturated heterocycles. The fraction of sp³-hybridized carbons (Fsp3) is 0.286. The molecule has 0 amide bonds. The first-order valence-corrected chi connectivity index (χ1v) is 6.19. The highest BCUT2D eigenvalue weighted by Crippen LogP contribution is 2.14. The molecule has 0 saturated carbocycles. The van der Waals surface area contributed by atoms with E-state index in [0.29, 0.717) is 6.54 Å². The number of non-ortho nitro benzene ring substituents is 1. The molecule has 1 heterocycles. The molecule has 1 aromatic carbocycles. The molecule has 0 bridgehead atoms. The molecular weight excluding hydrogens is 242 g/mol. The van der Waals surface area contributed by atoms with Crippen molar-refractivity contribution in [2.75, 3.05) is 0 Å². The maximum absolute atomic E-state index is 10.6. The molecule has 5 nitrogen and oxygen atoms in total. The summed E-state index contributed by atoms with van der Waals surface area (Å²) in [6, 6.07) is 10.8. The van der Waals surface area contributed by atoms with Gasteiger partial charge in [0.1, 0.15) is 0 Å². The van der Waals surface area contributed by atoms with Crippen molar-refractivity contribution in [1.82, 2.24) is 4.57 Å². The third-order valence-corrected chi connectivity index (χ3v) is 2.95. The topological polar surface area (TPSA) is 74.1 Å². The van der Waals surface area contributed by atoms with E-state index in [1.165, 1.54) is 17.8 Å². The fourth-order valence-corrected chi connectivity index (χ4v) is 2.04. The minimum absolute atomic E-state index is 0.116. The summed E-state index contributed by atoms with van der Waals surface area (Å²) in [6.45, 7) is 2.68. The minimum atomic E-state index is -0.388. The lowest BCUT2D eigenvalue weighted by molar-refractivity contribution is -0.384. The molecule has 2 aromatic rings. The number of nitrogens with two attached hydrogens (primary N) is 1. The number of hydrogen-bond donors (Lipinski definition) is 1.